The van der Waals surface area contributed by atoms with Crippen molar-refractivity contribution in [3.8, 4) is 11.8 Å². The third-order valence-electron chi connectivity index (χ3n) is 5.45. The number of likely N-dealkylation sites (tertiary alicyclic amines) is 1. The summed E-state index contributed by atoms with van der Waals surface area (Å²) in [6.07, 6.45) is 2.52. The van der Waals surface area contributed by atoms with Crippen LogP contribution >= 0.6 is 0 Å². The molecule has 1 saturated heterocycles. The van der Waals surface area contributed by atoms with Gasteiger partial charge in [-0.25, -0.2) is 4.39 Å². The van der Waals surface area contributed by atoms with Gasteiger partial charge in [-0.3, -0.25) is 9.35 Å². The zero-order valence-electron chi connectivity index (χ0n) is 19.3. The molecule has 0 spiro atoms. The predicted molar refractivity (Wildman–Crippen MR) is 133 cm³/mol. The van der Waals surface area contributed by atoms with E-state index >= 15 is 0 Å². The Morgan fingerprint density at radius 3 is 2.49 bits per heavy atom. The van der Waals surface area contributed by atoms with Crippen LogP contribution in [-0.4, -0.2) is 43.1 Å². The molecule has 35 heavy (non-hydrogen) atoms. The number of nitrogens with two attached hydrogens (primary N) is 1. The molecule has 1 fully saturated rings. The lowest BCUT2D eigenvalue weighted by atomic mass is 9.88. The Labute approximate surface area is 206 Å². The summed E-state index contributed by atoms with van der Waals surface area (Å²) in [5, 5.41) is 0. The second-order valence-corrected chi connectivity index (χ2v) is 9.61. The molecule has 3 aromatic rings. The van der Waals surface area contributed by atoms with E-state index in [1.165, 1.54) is 11.6 Å². The number of carbonyl (C=O) groups excluding carboxylic acids is 1. The van der Waals surface area contributed by atoms with Gasteiger partial charge in [-0.15, -0.1) is 0 Å². The van der Waals surface area contributed by atoms with E-state index in [0.29, 0.717) is 43.1 Å². The van der Waals surface area contributed by atoms with Crippen LogP contribution in [0.4, 0.5) is 4.39 Å². The molecule has 0 radical (unpaired) electrons. The molecular formula is C26H29FN2O5S. The van der Waals surface area contributed by atoms with Gasteiger partial charge < -0.3 is 15.1 Å². The topological polar surface area (TPSA) is 114 Å². The number of furan rings is 1. The summed E-state index contributed by atoms with van der Waals surface area (Å²) < 4.78 is 45.1. The standard InChI is InChI=1S/C25H23FN2O2.CH4O3S.H2/c26-23-7-2-1-5-20(23)8-9-22-10-11-24(30-22)25(29)28-14-12-19(13-15-28)21-6-3-4-18(16-21)17-27;1-5(2,3)4;/h1-7,10-11,16,19H,12-15,17,27H2;1H3,(H,2,3,4);1H. The first kappa shape index (κ1) is 26.2. The molecule has 186 valence electrons. The Morgan fingerprint density at radius 2 is 1.83 bits per heavy atom. The Kier molecular flexibility index (Phi) is 8.82. The number of hydrogen-bond acceptors (Lipinski definition) is 5. The molecule has 2 heterocycles. The minimum Gasteiger partial charge on any atom is -0.443 e. The van der Waals surface area contributed by atoms with Gasteiger partial charge in [0.25, 0.3) is 16.0 Å². The molecule has 2 aromatic carbocycles. The van der Waals surface area contributed by atoms with E-state index in [1.54, 1.807) is 30.3 Å². The Hall–Kier alpha value is -3.45. The average Bonchev–Trinajstić information content (AvgIpc) is 3.31. The van der Waals surface area contributed by atoms with E-state index in [9.17, 15) is 17.6 Å². The summed E-state index contributed by atoms with van der Waals surface area (Å²) in [6.45, 7) is 1.88. The van der Waals surface area contributed by atoms with Gasteiger partial charge in [-0.2, -0.15) is 8.42 Å². The zero-order chi connectivity index (χ0) is 25.4. The molecule has 0 unspecified atom stereocenters. The number of carbonyl (C=O) groups is 1. The Bertz CT molecular complexity index is 1330. The third kappa shape index (κ3) is 8.07. The van der Waals surface area contributed by atoms with Crippen molar-refractivity contribution in [1.82, 2.24) is 4.90 Å². The average molecular weight is 501 g/mol. The summed E-state index contributed by atoms with van der Waals surface area (Å²) in [5.74, 6) is 6.04. The van der Waals surface area contributed by atoms with Crippen LogP contribution in [0.15, 0.2) is 65.1 Å². The van der Waals surface area contributed by atoms with Crippen LogP contribution in [-0.2, 0) is 16.7 Å². The number of halogens is 1. The summed E-state index contributed by atoms with van der Waals surface area (Å²) in [6, 6.07) is 17.9. The van der Waals surface area contributed by atoms with E-state index in [0.717, 1.165) is 18.4 Å². The molecule has 1 aliphatic heterocycles. The molecule has 7 nitrogen and oxygen atoms in total. The van der Waals surface area contributed by atoms with Crippen molar-refractivity contribution in [3.63, 3.8) is 0 Å². The molecule has 4 rings (SSSR count). The van der Waals surface area contributed by atoms with Crippen LogP contribution < -0.4 is 5.73 Å². The quantitative estimate of drug-likeness (QED) is 0.414. The first-order valence-corrected chi connectivity index (χ1v) is 12.9. The van der Waals surface area contributed by atoms with Crippen molar-refractivity contribution in [2.45, 2.75) is 25.3 Å². The highest BCUT2D eigenvalue weighted by Crippen LogP contribution is 2.29. The van der Waals surface area contributed by atoms with E-state index in [2.05, 4.69) is 24.0 Å². The summed E-state index contributed by atoms with van der Waals surface area (Å²) in [5.41, 5.74) is 8.46. The molecule has 0 atom stereocenters. The molecule has 1 aliphatic rings. The van der Waals surface area contributed by atoms with Crippen LogP contribution in [0.3, 0.4) is 0 Å². The smallest absolute Gasteiger partial charge is 0.289 e. The maximum absolute atomic E-state index is 13.7. The lowest BCUT2D eigenvalue weighted by Gasteiger charge is -2.31. The highest BCUT2D eigenvalue weighted by molar-refractivity contribution is 7.85. The maximum atomic E-state index is 13.7. The molecular weight excluding hydrogens is 471 g/mol. The van der Waals surface area contributed by atoms with E-state index < -0.39 is 10.1 Å². The van der Waals surface area contributed by atoms with Crippen LogP contribution in [0.25, 0.3) is 0 Å². The summed E-state index contributed by atoms with van der Waals surface area (Å²) >= 11 is 0. The van der Waals surface area contributed by atoms with E-state index in [1.807, 2.05) is 17.0 Å². The van der Waals surface area contributed by atoms with E-state index in [-0.39, 0.29) is 18.9 Å². The monoisotopic (exact) mass is 500 g/mol. The third-order valence-corrected chi connectivity index (χ3v) is 5.45. The molecule has 1 aromatic heterocycles. The van der Waals surface area contributed by atoms with Crippen LogP contribution in [0.1, 0.15) is 53.2 Å². The van der Waals surface area contributed by atoms with Gasteiger partial charge in [0.2, 0.25) is 0 Å². The van der Waals surface area contributed by atoms with Gasteiger partial charge in [-0.05, 0) is 60.1 Å². The minimum atomic E-state index is -3.67. The fourth-order valence-corrected chi connectivity index (χ4v) is 3.76. The number of piperidine rings is 1. The Morgan fingerprint density at radius 1 is 1.14 bits per heavy atom. The van der Waals surface area contributed by atoms with Crippen molar-refractivity contribution in [3.05, 3.63) is 94.7 Å². The van der Waals surface area contributed by atoms with Crippen molar-refractivity contribution < 1.29 is 28.0 Å². The van der Waals surface area contributed by atoms with Crippen molar-refractivity contribution in [2.75, 3.05) is 19.3 Å². The number of amides is 1. The van der Waals surface area contributed by atoms with Gasteiger partial charge in [0.15, 0.2) is 11.5 Å². The van der Waals surface area contributed by atoms with Crippen molar-refractivity contribution >= 4 is 16.0 Å². The number of hydrogen-bond donors (Lipinski definition) is 2. The normalized spacial score (nSPS) is 13.9. The second kappa shape index (κ2) is 11.8. The first-order chi connectivity index (χ1) is 16.6. The number of nitrogens with zero attached hydrogens (tertiary/aromatic N) is 1. The molecule has 1 amide bonds. The van der Waals surface area contributed by atoms with Gasteiger partial charge >= 0.3 is 0 Å². The molecule has 0 saturated carbocycles. The maximum Gasteiger partial charge on any atom is 0.289 e. The lowest BCUT2D eigenvalue weighted by Crippen LogP contribution is -2.37. The van der Waals surface area contributed by atoms with Gasteiger partial charge in [-0.1, -0.05) is 42.3 Å². The largest absolute Gasteiger partial charge is 0.443 e. The van der Waals surface area contributed by atoms with Gasteiger partial charge in [0.1, 0.15) is 5.82 Å². The fourth-order valence-electron chi connectivity index (χ4n) is 3.76. The van der Waals surface area contributed by atoms with E-state index in [4.69, 9.17) is 14.7 Å². The van der Waals surface area contributed by atoms with Crippen molar-refractivity contribution in [2.24, 2.45) is 5.73 Å². The lowest BCUT2D eigenvalue weighted by molar-refractivity contribution is 0.0680. The first-order valence-electron chi connectivity index (χ1n) is 11.0. The predicted octanol–water partition coefficient (Wildman–Crippen LogP) is 4.05. The molecule has 9 heteroatoms. The van der Waals surface area contributed by atoms with Crippen LogP contribution in [0.5, 0.6) is 0 Å². The highest BCUT2D eigenvalue weighted by Gasteiger charge is 2.26. The van der Waals surface area contributed by atoms with Crippen molar-refractivity contribution in [1.29, 1.82) is 0 Å². The minimum absolute atomic E-state index is 0. The summed E-state index contributed by atoms with van der Waals surface area (Å²) in [4.78, 5) is 14.6. The Balaban J connectivity index is 0.000000694. The van der Waals surface area contributed by atoms with Crippen LogP contribution in [0, 0.1) is 17.7 Å². The number of rotatable bonds is 3. The number of benzene rings is 2. The summed E-state index contributed by atoms with van der Waals surface area (Å²) in [7, 11) is -3.67. The molecule has 3 N–H and O–H groups in total. The fraction of sp³-hybridized carbons (Fsp3) is 0.269. The van der Waals surface area contributed by atoms with Gasteiger partial charge in [0, 0.05) is 21.1 Å². The second-order valence-electron chi connectivity index (χ2n) is 8.14. The van der Waals surface area contributed by atoms with Gasteiger partial charge in [0.05, 0.1) is 11.8 Å². The SMILES string of the molecule is CS(=O)(=O)O.NCc1cccc(C2CCN(C(=O)c3ccc(C#Cc4ccccc4F)o3)CC2)c1.[HH]. The molecule has 0 aliphatic carbocycles. The zero-order valence-corrected chi connectivity index (χ0v) is 20.1. The highest BCUT2D eigenvalue weighted by atomic mass is 32.2. The molecule has 0 bridgehead atoms. The van der Waals surface area contributed by atoms with Crippen LogP contribution in [0.2, 0.25) is 0 Å².